The first-order valence-electron chi connectivity index (χ1n) is 5.46. The molecule has 4 N–H and O–H groups in total. The van der Waals surface area contributed by atoms with E-state index in [4.69, 9.17) is 23.7 Å². The number of piperidine rings is 1. The van der Waals surface area contributed by atoms with E-state index in [1.54, 1.807) is 0 Å². The molecule has 98 valence electrons. The van der Waals surface area contributed by atoms with E-state index in [0.29, 0.717) is 12.8 Å². The number of rotatable bonds is 4. The molecule has 1 heterocycles. The van der Waals surface area contributed by atoms with E-state index in [1.165, 1.54) is 0 Å². The van der Waals surface area contributed by atoms with E-state index in [9.17, 15) is 4.57 Å². The minimum atomic E-state index is -2.83. The van der Waals surface area contributed by atoms with Gasteiger partial charge in [-0.05, 0) is 25.3 Å². The van der Waals surface area contributed by atoms with Crippen molar-refractivity contribution in [1.29, 1.82) is 0 Å². The average molecular weight is 284 g/mol. The van der Waals surface area contributed by atoms with Gasteiger partial charge in [0.15, 0.2) is 0 Å². The molecule has 2 aliphatic rings. The van der Waals surface area contributed by atoms with E-state index in [1.807, 2.05) is 0 Å². The highest BCUT2D eigenvalue weighted by Crippen LogP contribution is 2.50. The van der Waals surface area contributed by atoms with Crippen LogP contribution in [0.3, 0.4) is 0 Å². The molecule has 1 saturated carbocycles. The van der Waals surface area contributed by atoms with Gasteiger partial charge in [0.25, 0.3) is 0 Å². The Morgan fingerprint density at radius 3 is 2.76 bits per heavy atom. The van der Waals surface area contributed by atoms with Crippen molar-refractivity contribution in [2.24, 2.45) is 5.92 Å². The highest BCUT2D eigenvalue weighted by molar-refractivity contribution is 7.39. The molecule has 2 rings (SSSR count). The Kier molecular flexibility index (Phi) is 4.45. The van der Waals surface area contributed by atoms with Crippen molar-refractivity contribution >= 4 is 16.9 Å². The molecule has 17 heavy (non-hydrogen) atoms. The highest BCUT2D eigenvalue weighted by Gasteiger charge is 2.54. The largest absolute Gasteiger partial charge is 0.697 e. The van der Waals surface area contributed by atoms with E-state index < -0.39 is 22.6 Å². The van der Waals surface area contributed by atoms with E-state index in [-0.39, 0.29) is 12.0 Å². The van der Waals surface area contributed by atoms with Crippen LogP contribution in [0.2, 0.25) is 0 Å². The van der Waals surface area contributed by atoms with Crippen LogP contribution in [0.1, 0.15) is 25.7 Å². The van der Waals surface area contributed by atoms with Gasteiger partial charge in [-0.3, -0.25) is 4.52 Å². The zero-order valence-electron chi connectivity index (χ0n) is 9.15. The van der Waals surface area contributed by atoms with Crippen molar-refractivity contribution in [1.82, 2.24) is 5.32 Å². The van der Waals surface area contributed by atoms with Crippen LogP contribution >= 0.6 is 16.9 Å². The van der Waals surface area contributed by atoms with E-state index >= 15 is 0 Å². The molecule has 0 spiro atoms. The lowest BCUT2D eigenvalue weighted by Gasteiger charge is -2.25. The number of hydrogen-bond acceptors (Lipinski definition) is 6. The van der Waals surface area contributed by atoms with Gasteiger partial charge in [-0.25, -0.2) is 0 Å². The highest BCUT2D eigenvalue weighted by atomic mass is 31.2. The van der Waals surface area contributed by atoms with Gasteiger partial charge in [0.2, 0.25) is 5.79 Å². The minimum absolute atomic E-state index is 0.147. The van der Waals surface area contributed by atoms with Crippen LogP contribution in [0.15, 0.2) is 0 Å². The topological polar surface area (TPSA) is 108 Å². The Bertz CT molecular complexity index is 288. The lowest BCUT2D eigenvalue weighted by molar-refractivity contribution is -0.116. The van der Waals surface area contributed by atoms with Crippen molar-refractivity contribution in [3.8, 4) is 0 Å². The summed E-state index contributed by atoms with van der Waals surface area (Å²) in [6.07, 6.45) is 2.80. The second-order valence-electron chi connectivity index (χ2n) is 4.46. The van der Waals surface area contributed by atoms with Crippen molar-refractivity contribution < 1.29 is 28.3 Å². The monoisotopic (exact) mass is 284 g/mol. The van der Waals surface area contributed by atoms with Gasteiger partial charge in [-0.1, -0.05) is 4.52 Å². The van der Waals surface area contributed by atoms with Crippen LogP contribution in [0.5, 0.6) is 0 Å². The summed E-state index contributed by atoms with van der Waals surface area (Å²) < 4.78 is 20.7. The van der Waals surface area contributed by atoms with Crippen LogP contribution in [-0.2, 0) is 13.6 Å². The smallest absolute Gasteiger partial charge is 0.328 e. The molecule has 0 bridgehead atoms. The first-order chi connectivity index (χ1) is 8.01. The molecular formula is C8H16NO6P2+. The molecule has 0 amide bonds. The lowest BCUT2D eigenvalue weighted by Crippen LogP contribution is -2.38. The van der Waals surface area contributed by atoms with Crippen LogP contribution in [0.4, 0.5) is 0 Å². The van der Waals surface area contributed by atoms with Crippen LogP contribution in [0, 0.1) is 5.92 Å². The second kappa shape index (κ2) is 5.51. The standard InChI is InChI=1S/C8H15NO6P2/c10-16(11)14-8(15-17(12)13)4-6-2-1-3-9-7(6)5-8/h6-7,9-11H,1-5H2/p+1/t6-,7+,8?/m0/s1. The molecule has 0 aromatic carbocycles. The molecule has 0 aromatic rings. The summed E-state index contributed by atoms with van der Waals surface area (Å²) >= 11 is 0. The lowest BCUT2D eigenvalue weighted by atomic mass is 9.94. The molecule has 0 radical (unpaired) electrons. The number of fused-ring (bicyclic) bond motifs is 1. The predicted octanol–water partition coefficient (Wildman–Crippen LogP) is 0.739. The number of nitrogens with one attached hydrogen (secondary N) is 1. The maximum absolute atomic E-state index is 10.8. The summed E-state index contributed by atoms with van der Waals surface area (Å²) in [6, 6.07) is 0.147. The van der Waals surface area contributed by atoms with Gasteiger partial charge in [0.1, 0.15) is 0 Å². The first kappa shape index (κ1) is 13.7. The summed E-state index contributed by atoms with van der Waals surface area (Å²) in [4.78, 5) is 26.7. The van der Waals surface area contributed by atoms with E-state index in [0.717, 1.165) is 19.4 Å². The quantitative estimate of drug-likeness (QED) is 0.445. The van der Waals surface area contributed by atoms with Crippen molar-refractivity contribution in [3.05, 3.63) is 0 Å². The molecule has 1 saturated heterocycles. The zero-order chi connectivity index (χ0) is 12.5. The fraction of sp³-hybridized carbons (Fsp3) is 1.00. The molecule has 0 aromatic heterocycles. The molecule has 4 atom stereocenters. The summed E-state index contributed by atoms with van der Waals surface area (Å²) in [5.74, 6) is -1.06. The van der Waals surface area contributed by atoms with Gasteiger partial charge in [-0.2, -0.15) is 0 Å². The summed E-state index contributed by atoms with van der Waals surface area (Å²) in [5, 5.41) is 3.29. The van der Waals surface area contributed by atoms with Crippen molar-refractivity contribution in [2.45, 2.75) is 37.5 Å². The van der Waals surface area contributed by atoms with Gasteiger partial charge < -0.3 is 15.1 Å². The molecule has 7 nitrogen and oxygen atoms in total. The Morgan fingerprint density at radius 1 is 1.41 bits per heavy atom. The molecular weight excluding hydrogens is 268 g/mol. The fourth-order valence-electron chi connectivity index (χ4n) is 2.78. The maximum atomic E-state index is 10.8. The molecule has 2 fully saturated rings. The Hall–Kier alpha value is 0.290. The van der Waals surface area contributed by atoms with Crippen LogP contribution in [-0.4, -0.2) is 33.1 Å². The third-order valence-electron chi connectivity index (χ3n) is 3.32. The predicted molar refractivity (Wildman–Crippen MR) is 59.8 cm³/mol. The normalized spacial score (nSPS) is 38.2. The summed E-state index contributed by atoms with van der Waals surface area (Å²) in [5.41, 5.74) is 0. The third kappa shape index (κ3) is 3.40. The first-order valence-corrected chi connectivity index (χ1v) is 7.76. The molecule has 9 heteroatoms. The summed E-state index contributed by atoms with van der Waals surface area (Å²) in [7, 11) is -5.44. The molecule has 1 aliphatic carbocycles. The third-order valence-corrected chi connectivity index (χ3v) is 4.31. The number of hydrogen-bond donors (Lipinski definition) is 4. The van der Waals surface area contributed by atoms with Crippen molar-refractivity contribution in [3.63, 3.8) is 0 Å². The van der Waals surface area contributed by atoms with Crippen LogP contribution in [0.25, 0.3) is 0 Å². The Morgan fingerprint density at radius 2 is 2.18 bits per heavy atom. The van der Waals surface area contributed by atoms with Gasteiger partial charge in [0.05, 0.1) is 0 Å². The van der Waals surface area contributed by atoms with Gasteiger partial charge >= 0.3 is 16.9 Å². The Balaban J connectivity index is 2.09. The van der Waals surface area contributed by atoms with Crippen molar-refractivity contribution in [2.75, 3.05) is 6.54 Å². The molecule has 2 unspecified atom stereocenters. The summed E-state index contributed by atoms with van der Waals surface area (Å²) in [6.45, 7) is 0.898. The minimum Gasteiger partial charge on any atom is -0.328 e. The maximum Gasteiger partial charge on any atom is 0.697 e. The zero-order valence-corrected chi connectivity index (χ0v) is 10.9. The van der Waals surface area contributed by atoms with Crippen LogP contribution < -0.4 is 5.32 Å². The molecule has 1 aliphatic heterocycles. The fourth-order valence-corrected chi connectivity index (χ4v) is 3.79. The second-order valence-corrected chi connectivity index (χ2v) is 5.80. The van der Waals surface area contributed by atoms with Gasteiger partial charge in [0, 0.05) is 23.4 Å². The average Bonchev–Trinajstić information content (AvgIpc) is 2.52. The SMILES string of the molecule is O=[P+](O)OC1(OP(O)O)C[C@@H]2CCCN[C@@H]2C1. The Labute approximate surface area is 101 Å². The van der Waals surface area contributed by atoms with E-state index in [2.05, 4.69) is 5.32 Å². The van der Waals surface area contributed by atoms with Gasteiger partial charge in [-0.15, -0.1) is 4.89 Å².